The number of halogens is 1. The van der Waals surface area contributed by atoms with Crippen LogP contribution in [0.4, 0.5) is 4.39 Å². The molecule has 0 aliphatic carbocycles. The normalized spacial score (nSPS) is 12.6. The van der Waals surface area contributed by atoms with Crippen LogP contribution in [0.5, 0.6) is 0 Å². The Morgan fingerprint density at radius 2 is 1.88 bits per heavy atom. The molecule has 0 bridgehead atoms. The number of hydrogen-bond acceptors (Lipinski definition) is 3. The minimum atomic E-state index is -0.372. The number of H-pyrrole nitrogens is 1. The van der Waals surface area contributed by atoms with Gasteiger partial charge in [0.25, 0.3) is 5.56 Å². The number of aliphatic hydroxyl groups excluding tert-OH is 1. The zero-order valence-corrected chi connectivity index (χ0v) is 14.8. The second-order valence-corrected chi connectivity index (χ2v) is 6.80. The van der Waals surface area contributed by atoms with Gasteiger partial charge in [0.2, 0.25) is 0 Å². The lowest BCUT2D eigenvalue weighted by Gasteiger charge is -2.25. The molecule has 0 spiro atoms. The molecule has 0 radical (unpaired) electrons. The predicted octanol–water partition coefficient (Wildman–Crippen LogP) is 3.30. The fourth-order valence-corrected chi connectivity index (χ4v) is 3.10. The number of aromatic amines is 1. The second-order valence-electron chi connectivity index (χ2n) is 6.80. The third kappa shape index (κ3) is 4.56. The van der Waals surface area contributed by atoms with E-state index in [0.29, 0.717) is 30.7 Å². The summed E-state index contributed by atoms with van der Waals surface area (Å²) in [5.41, 5.74) is 2.07. The largest absolute Gasteiger partial charge is 0.396 e. The molecule has 5 heteroatoms. The van der Waals surface area contributed by atoms with Gasteiger partial charge in [-0.1, -0.05) is 37.3 Å². The molecule has 0 aliphatic heterocycles. The lowest BCUT2D eigenvalue weighted by atomic mass is 10.1. The van der Waals surface area contributed by atoms with Crippen LogP contribution in [0.25, 0.3) is 10.9 Å². The van der Waals surface area contributed by atoms with Crippen molar-refractivity contribution in [2.45, 2.75) is 20.0 Å². The zero-order valence-electron chi connectivity index (χ0n) is 14.8. The number of aliphatic hydroxyl groups is 1. The van der Waals surface area contributed by atoms with E-state index in [0.717, 1.165) is 10.9 Å². The van der Waals surface area contributed by atoms with Crippen LogP contribution in [-0.4, -0.2) is 28.1 Å². The number of pyridine rings is 1. The minimum Gasteiger partial charge on any atom is -0.396 e. The van der Waals surface area contributed by atoms with E-state index < -0.39 is 0 Å². The Balaban J connectivity index is 1.87. The van der Waals surface area contributed by atoms with Gasteiger partial charge < -0.3 is 10.1 Å². The van der Waals surface area contributed by atoms with E-state index in [1.165, 1.54) is 12.1 Å². The first kappa shape index (κ1) is 18.3. The molecular weight excluding hydrogens is 331 g/mol. The van der Waals surface area contributed by atoms with Gasteiger partial charge in [-0.2, -0.15) is 0 Å². The molecule has 4 nitrogen and oxygen atoms in total. The smallest absolute Gasteiger partial charge is 0.252 e. The van der Waals surface area contributed by atoms with Crippen molar-refractivity contribution in [2.24, 2.45) is 5.92 Å². The lowest BCUT2D eigenvalue weighted by Crippen LogP contribution is -2.31. The molecule has 1 aromatic heterocycles. The Labute approximate surface area is 151 Å². The van der Waals surface area contributed by atoms with Crippen molar-refractivity contribution < 1.29 is 9.50 Å². The highest BCUT2D eigenvalue weighted by Gasteiger charge is 2.14. The van der Waals surface area contributed by atoms with Gasteiger partial charge in [-0.25, -0.2) is 4.39 Å². The number of benzene rings is 2. The molecule has 1 heterocycles. The van der Waals surface area contributed by atoms with Gasteiger partial charge in [-0.15, -0.1) is 0 Å². The van der Waals surface area contributed by atoms with E-state index in [4.69, 9.17) is 0 Å². The maximum atomic E-state index is 13.3. The molecule has 26 heavy (non-hydrogen) atoms. The Morgan fingerprint density at radius 3 is 2.62 bits per heavy atom. The first-order chi connectivity index (χ1) is 12.5. The van der Waals surface area contributed by atoms with Crippen molar-refractivity contribution in [3.63, 3.8) is 0 Å². The van der Waals surface area contributed by atoms with E-state index >= 15 is 0 Å². The van der Waals surface area contributed by atoms with Crippen molar-refractivity contribution in [3.05, 3.63) is 81.9 Å². The van der Waals surface area contributed by atoms with E-state index in [1.54, 1.807) is 6.07 Å². The molecule has 0 fully saturated rings. The van der Waals surface area contributed by atoms with E-state index in [2.05, 4.69) is 9.88 Å². The van der Waals surface area contributed by atoms with Crippen LogP contribution < -0.4 is 5.56 Å². The summed E-state index contributed by atoms with van der Waals surface area (Å²) < 4.78 is 13.3. The van der Waals surface area contributed by atoms with Crippen LogP contribution in [0.1, 0.15) is 18.1 Å². The van der Waals surface area contributed by atoms with E-state index in [9.17, 15) is 14.3 Å². The lowest BCUT2D eigenvalue weighted by molar-refractivity contribution is 0.163. The van der Waals surface area contributed by atoms with Crippen LogP contribution in [-0.2, 0) is 13.1 Å². The van der Waals surface area contributed by atoms with Crippen LogP contribution in [0.2, 0.25) is 0 Å². The van der Waals surface area contributed by atoms with Crippen molar-refractivity contribution in [3.8, 4) is 0 Å². The van der Waals surface area contributed by atoms with Crippen LogP contribution in [0, 0.1) is 11.7 Å². The molecule has 2 N–H and O–H groups in total. The number of rotatable bonds is 7. The molecular formula is C21H23FN2O2. The average molecular weight is 354 g/mol. The summed E-state index contributed by atoms with van der Waals surface area (Å²) >= 11 is 0. The standard InChI is InChI=1S/C21H23FN2O2/c1-15(14-25)11-24(12-16-5-3-2-4-6-16)13-18-9-17-7-8-19(22)10-20(17)23-21(18)26/h2-10,15,25H,11-14H2,1H3,(H,23,26). The third-order valence-electron chi connectivity index (χ3n) is 4.41. The highest BCUT2D eigenvalue weighted by molar-refractivity contribution is 5.78. The Morgan fingerprint density at radius 1 is 1.12 bits per heavy atom. The van der Waals surface area contributed by atoms with Gasteiger partial charge in [0.1, 0.15) is 5.82 Å². The van der Waals surface area contributed by atoms with Crippen molar-refractivity contribution in [1.82, 2.24) is 9.88 Å². The number of nitrogens with one attached hydrogen (secondary N) is 1. The number of fused-ring (bicyclic) bond motifs is 1. The molecule has 136 valence electrons. The number of nitrogens with zero attached hydrogens (tertiary/aromatic N) is 1. The topological polar surface area (TPSA) is 56.3 Å². The number of aromatic nitrogens is 1. The fourth-order valence-electron chi connectivity index (χ4n) is 3.10. The maximum Gasteiger partial charge on any atom is 0.252 e. The van der Waals surface area contributed by atoms with Gasteiger partial charge in [0.15, 0.2) is 0 Å². The molecule has 0 saturated heterocycles. The molecule has 3 rings (SSSR count). The fraction of sp³-hybridized carbons (Fsp3) is 0.286. The SMILES string of the molecule is CC(CO)CN(Cc1ccccc1)Cc1cc2ccc(F)cc2[nH]c1=O. The monoisotopic (exact) mass is 354 g/mol. The summed E-state index contributed by atoms with van der Waals surface area (Å²) in [6.07, 6.45) is 0. The first-order valence-corrected chi connectivity index (χ1v) is 8.74. The van der Waals surface area contributed by atoms with Crippen molar-refractivity contribution >= 4 is 10.9 Å². The zero-order chi connectivity index (χ0) is 18.5. The quantitative estimate of drug-likeness (QED) is 0.684. The highest BCUT2D eigenvalue weighted by Crippen LogP contribution is 2.15. The summed E-state index contributed by atoms with van der Waals surface area (Å²) in [5, 5.41) is 10.2. The third-order valence-corrected chi connectivity index (χ3v) is 4.41. The van der Waals surface area contributed by atoms with Crippen LogP contribution >= 0.6 is 0 Å². The van der Waals surface area contributed by atoms with E-state index in [-0.39, 0.29) is 23.9 Å². The van der Waals surface area contributed by atoms with E-state index in [1.807, 2.05) is 43.3 Å². The molecule has 1 unspecified atom stereocenters. The van der Waals surface area contributed by atoms with Gasteiger partial charge in [0.05, 0.1) is 5.52 Å². The van der Waals surface area contributed by atoms with Crippen molar-refractivity contribution in [1.29, 1.82) is 0 Å². The first-order valence-electron chi connectivity index (χ1n) is 8.74. The van der Waals surface area contributed by atoms with Gasteiger partial charge in [-0.3, -0.25) is 9.69 Å². The van der Waals surface area contributed by atoms with Gasteiger partial charge >= 0.3 is 0 Å². The predicted molar refractivity (Wildman–Crippen MR) is 101 cm³/mol. The molecule has 3 aromatic rings. The maximum absolute atomic E-state index is 13.3. The summed E-state index contributed by atoms with van der Waals surface area (Å²) in [5.74, 6) is -0.268. The molecule has 2 aromatic carbocycles. The number of hydrogen-bond donors (Lipinski definition) is 2. The molecule has 0 saturated carbocycles. The average Bonchev–Trinajstić information content (AvgIpc) is 2.63. The molecule has 1 atom stereocenters. The highest BCUT2D eigenvalue weighted by atomic mass is 19.1. The molecule has 0 aliphatic rings. The second kappa shape index (κ2) is 8.25. The van der Waals surface area contributed by atoms with Gasteiger partial charge in [-0.05, 0) is 41.1 Å². The summed E-state index contributed by atoms with van der Waals surface area (Å²) in [7, 11) is 0. The Hall–Kier alpha value is -2.50. The summed E-state index contributed by atoms with van der Waals surface area (Å²) in [4.78, 5) is 17.3. The van der Waals surface area contributed by atoms with Crippen LogP contribution in [0.3, 0.4) is 0 Å². The molecule has 0 amide bonds. The summed E-state index contributed by atoms with van der Waals surface area (Å²) in [6.45, 7) is 3.89. The van der Waals surface area contributed by atoms with Crippen molar-refractivity contribution in [2.75, 3.05) is 13.2 Å². The minimum absolute atomic E-state index is 0.0959. The Kier molecular flexibility index (Phi) is 5.81. The van der Waals surface area contributed by atoms with Crippen LogP contribution in [0.15, 0.2) is 59.4 Å². The van der Waals surface area contributed by atoms with Gasteiger partial charge in [0, 0.05) is 31.8 Å². The Bertz CT molecular complexity index is 924. The summed E-state index contributed by atoms with van der Waals surface area (Å²) in [6, 6.07) is 16.2.